The number of nitrogens with one attached hydrogen (secondary N) is 1. The molecule has 0 bridgehead atoms. The Labute approximate surface area is 93.2 Å². The van der Waals surface area contributed by atoms with E-state index >= 15 is 0 Å². The second-order valence-corrected chi connectivity index (χ2v) is 4.47. The number of likely N-dealkylation sites (N-methyl/N-ethyl adjacent to an activating group) is 1. The molecule has 0 saturated carbocycles. The van der Waals surface area contributed by atoms with Gasteiger partial charge in [0.15, 0.2) is 0 Å². The Morgan fingerprint density at radius 2 is 2.00 bits per heavy atom. The Morgan fingerprint density at radius 3 is 2.40 bits per heavy atom. The largest absolute Gasteiger partial charge is 0.355 e. The molecule has 3 N–H and O–H groups in total. The van der Waals surface area contributed by atoms with Crippen LogP contribution in [0.5, 0.6) is 0 Å². The van der Waals surface area contributed by atoms with Crippen LogP contribution in [0, 0.1) is 5.92 Å². The lowest BCUT2D eigenvalue weighted by Crippen LogP contribution is -2.43. The van der Waals surface area contributed by atoms with Crippen LogP contribution in [-0.2, 0) is 4.79 Å². The second-order valence-electron chi connectivity index (χ2n) is 4.47. The van der Waals surface area contributed by atoms with Crippen LogP contribution in [0.3, 0.4) is 0 Å². The number of hydrogen-bond acceptors (Lipinski definition) is 3. The van der Waals surface area contributed by atoms with Gasteiger partial charge in [-0.05, 0) is 33.0 Å². The van der Waals surface area contributed by atoms with Crippen molar-refractivity contribution in [3.05, 3.63) is 0 Å². The van der Waals surface area contributed by atoms with Crippen molar-refractivity contribution < 1.29 is 4.79 Å². The van der Waals surface area contributed by atoms with E-state index in [1.807, 2.05) is 14.1 Å². The number of carbonyl (C=O) groups is 1. The highest BCUT2D eigenvalue weighted by Crippen LogP contribution is 2.05. The van der Waals surface area contributed by atoms with Crippen molar-refractivity contribution in [1.29, 1.82) is 0 Å². The Morgan fingerprint density at radius 1 is 1.40 bits per heavy atom. The molecule has 0 heterocycles. The fourth-order valence-electron chi connectivity index (χ4n) is 1.58. The molecule has 0 saturated heterocycles. The van der Waals surface area contributed by atoms with Crippen molar-refractivity contribution >= 4 is 5.91 Å². The third-order valence-corrected chi connectivity index (χ3v) is 2.55. The van der Waals surface area contributed by atoms with Crippen LogP contribution in [-0.4, -0.2) is 44.0 Å². The summed E-state index contributed by atoms with van der Waals surface area (Å²) < 4.78 is 0. The summed E-state index contributed by atoms with van der Waals surface area (Å²) in [4.78, 5) is 13.5. The highest BCUT2D eigenvalue weighted by atomic mass is 16.1. The molecule has 0 fully saturated rings. The van der Waals surface area contributed by atoms with Gasteiger partial charge in [-0.15, -0.1) is 0 Å². The molecule has 90 valence electrons. The van der Waals surface area contributed by atoms with Crippen LogP contribution >= 0.6 is 0 Å². The predicted octanol–water partition coefficient (Wildman–Crippen LogP) is 0.428. The molecule has 1 atom stereocenters. The Bertz CT molecular complexity index is 173. The number of rotatable bonds is 7. The van der Waals surface area contributed by atoms with Crippen molar-refractivity contribution in [3.8, 4) is 0 Å². The van der Waals surface area contributed by atoms with Crippen LogP contribution in [0.25, 0.3) is 0 Å². The lowest BCUT2D eigenvalue weighted by molar-refractivity contribution is -0.121. The fraction of sp³-hybridized carbons (Fsp3) is 0.909. The van der Waals surface area contributed by atoms with Crippen LogP contribution in [0.1, 0.15) is 26.7 Å². The molecule has 0 spiro atoms. The molecule has 1 amide bonds. The van der Waals surface area contributed by atoms with Crippen molar-refractivity contribution in [3.63, 3.8) is 0 Å². The molecular weight excluding hydrogens is 190 g/mol. The Balaban J connectivity index is 3.84. The standard InChI is InChI=1S/C11H25N3O/c1-9(2)10(14(3)4)8-13-11(15)6-5-7-12/h9-10H,5-8,12H2,1-4H3,(H,13,15). The molecule has 0 aliphatic heterocycles. The summed E-state index contributed by atoms with van der Waals surface area (Å²) in [6.07, 6.45) is 1.30. The van der Waals surface area contributed by atoms with Gasteiger partial charge < -0.3 is 16.0 Å². The van der Waals surface area contributed by atoms with Gasteiger partial charge in [-0.3, -0.25) is 4.79 Å². The third-order valence-electron chi connectivity index (χ3n) is 2.55. The lowest BCUT2D eigenvalue weighted by Gasteiger charge is -2.28. The minimum absolute atomic E-state index is 0.105. The molecular formula is C11H25N3O. The summed E-state index contributed by atoms with van der Waals surface area (Å²) in [5, 5.41) is 2.94. The third kappa shape index (κ3) is 6.47. The monoisotopic (exact) mass is 215 g/mol. The van der Waals surface area contributed by atoms with Gasteiger partial charge in [0.25, 0.3) is 0 Å². The van der Waals surface area contributed by atoms with Crippen molar-refractivity contribution in [1.82, 2.24) is 10.2 Å². The molecule has 0 radical (unpaired) electrons. The topological polar surface area (TPSA) is 58.4 Å². The van der Waals surface area contributed by atoms with Crippen LogP contribution in [0.4, 0.5) is 0 Å². The first-order valence-electron chi connectivity index (χ1n) is 5.62. The zero-order valence-corrected chi connectivity index (χ0v) is 10.4. The van der Waals surface area contributed by atoms with Crippen LogP contribution in [0.15, 0.2) is 0 Å². The summed E-state index contributed by atoms with van der Waals surface area (Å²) >= 11 is 0. The zero-order valence-electron chi connectivity index (χ0n) is 10.4. The molecule has 0 aromatic heterocycles. The number of amides is 1. The zero-order chi connectivity index (χ0) is 11.8. The Hall–Kier alpha value is -0.610. The maximum absolute atomic E-state index is 11.4. The normalized spacial score (nSPS) is 13.3. The Kier molecular flexibility index (Phi) is 7.34. The second kappa shape index (κ2) is 7.65. The lowest BCUT2D eigenvalue weighted by atomic mass is 10.0. The first kappa shape index (κ1) is 14.4. The average Bonchev–Trinajstić information content (AvgIpc) is 2.13. The maximum atomic E-state index is 11.4. The molecule has 4 nitrogen and oxygen atoms in total. The van der Waals surface area contributed by atoms with E-state index in [2.05, 4.69) is 24.1 Å². The van der Waals surface area contributed by atoms with Gasteiger partial charge in [0.2, 0.25) is 5.91 Å². The van der Waals surface area contributed by atoms with E-state index in [9.17, 15) is 4.79 Å². The molecule has 4 heteroatoms. The molecule has 0 aliphatic carbocycles. The van der Waals surface area contributed by atoms with Gasteiger partial charge in [-0.2, -0.15) is 0 Å². The number of hydrogen-bond donors (Lipinski definition) is 2. The maximum Gasteiger partial charge on any atom is 0.220 e. The van der Waals surface area contributed by atoms with Gasteiger partial charge in [0.1, 0.15) is 0 Å². The number of nitrogens with zero attached hydrogens (tertiary/aromatic N) is 1. The highest BCUT2D eigenvalue weighted by Gasteiger charge is 2.16. The molecule has 0 aromatic carbocycles. The predicted molar refractivity (Wildman–Crippen MR) is 63.6 cm³/mol. The first-order valence-corrected chi connectivity index (χ1v) is 5.62. The molecule has 15 heavy (non-hydrogen) atoms. The minimum atomic E-state index is 0.105. The van der Waals surface area contributed by atoms with Gasteiger partial charge in [0.05, 0.1) is 0 Å². The SMILES string of the molecule is CC(C)C(CNC(=O)CCCN)N(C)C. The molecule has 0 aliphatic rings. The van der Waals surface area contributed by atoms with Gasteiger partial charge in [-0.25, -0.2) is 0 Å². The number of nitrogens with two attached hydrogens (primary N) is 1. The van der Waals surface area contributed by atoms with E-state index in [1.54, 1.807) is 0 Å². The van der Waals surface area contributed by atoms with Gasteiger partial charge >= 0.3 is 0 Å². The van der Waals surface area contributed by atoms with Crippen LogP contribution in [0.2, 0.25) is 0 Å². The quantitative estimate of drug-likeness (QED) is 0.647. The smallest absolute Gasteiger partial charge is 0.220 e. The summed E-state index contributed by atoms with van der Waals surface area (Å²) in [5.74, 6) is 0.641. The van der Waals surface area contributed by atoms with Gasteiger partial charge in [0, 0.05) is 19.0 Å². The summed E-state index contributed by atoms with van der Waals surface area (Å²) in [7, 11) is 4.08. The summed E-state index contributed by atoms with van der Waals surface area (Å²) in [6, 6.07) is 0.395. The van der Waals surface area contributed by atoms with Crippen molar-refractivity contribution in [2.75, 3.05) is 27.2 Å². The van der Waals surface area contributed by atoms with E-state index in [-0.39, 0.29) is 5.91 Å². The summed E-state index contributed by atoms with van der Waals surface area (Å²) in [6.45, 7) is 5.62. The van der Waals surface area contributed by atoms with Crippen LogP contribution < -0.4 is 11.1 Å². The highest BCUT2D eigenvalue weighted by molar-refractivity contribution is 5.75. The van der Waals surface area contributed by atoms with E-state index in [4.69, 9.17) is 5.73 Å². The van der Waals surface area contributed by atoms with E-state index in [1.165, 1.54) is 0 Å². The van der Waals surface area contributed by atoms with Gasteiger partial charge in [-0.1, -0.05) is 13.8 Å². The fourth-order valence-corrected chi connectivity index (χ4v) is 1.58. The van der Waals surface area contributed by atoms with E-state index < -0.39 is 0 Å². The molecule has 0 aromatic rings. The van der Waals surface area contributed by atoms with Crippen molar-refractivity contribution in [2.24, 2.45) is 11.7 Å². The van der Waals surface area contributed by atoms with Crippen molar-refractivity contribution in [2.45, 2.75) is 32.7 Å². The first-order chi connectivity index (χ1) is 6.99. The average molecular weight is 215 g/mol. The summed E-state index contributed by atoms with van der Waals surface area (Å²) in [5.41, 5.74) is 5.34. The number of carbonyl (C=O) groups excluding carboxylic acids is 1. The van der Waals surface area contributed by atoms with E-state index in [0.29, 0.717) is 31.5 Å². The minimum Gasteiger partial charge on any atom is -0.355 e. The molecule has 1 unspecified atom stereocenters. The van der Waals surface area contributed by atoms with E-state index in [0.717, 1.165) is 6.42 Å². The molecule has 0 rings (SSSR count).